The Hall–Kier alpha value is -0.510. The van der Waals surface area contributed by atoms with E-state index in [4.69, 9.17) is 5.73 Å². The van der Waals surface area contributed by atoms with Crippen molar-refractivity contribution in [2.45, 2.75) is 45.4 Å². The van der Waals surface area contributed by atoms with E-state index < -0.39 is 0 Å². The molecule has 0 amide bonds. The van der Waals surface area contributed by atoms with Crippen molar-refractivity contribution in [2.24, 2.45) is 5.73 Å². The van der Waals surface area contributed by atoms with E-state index >= 15 is 0 Å². The fourth-order valence-electron chi connectivity index (χ4n) is 3.44. The predicted octanol–water partition coefficient (Wildman–Crippen LogP) is 3.44. The van der Waals surface area contributed by atoms with E-state index in [0.717, 1.165) is 11.8 Å². The summed E-state index contributed by atoms with van der Waals surface area (Å²) in [6.07, 6.45) is 1.25. The molecular formula is C17H28N2S. The average molecular weight is 292 g/mol. The first-order chi connectivity index (χ1) is 9.56. The van der Waals surface area contributed by atoms with Gasteiger partial charge >= 0.3 is 0 Å². The van der Waals surface area contributed by atoms with Crippen LogP contribution in [0, 0.1) is 20.8 Å². The highest BCUT2D eigenvalue weighted by molar-refractivity contribution is 8.00. The highest BCUT2D eigenvalue weighted by Crippen LogP contribution is 2.31. The van der Waals surface area contributed by atoms with Crippen LogP contribution in [0.2, 0.25) is 0 Å². The van der Waals surface area contributed by atoms with E-state index in [1.54, 1.807) is 0 Å². The molecule has 3 heteroatoms. The van der Waals surface area contributed by atoms with Crippen molar-refractivity contribution >= 4 is 11.8 Å². The normalized spacial score (nSPS) is 21.9. The lowest BCUT2D eigenvalue weighted by Gasteiger charge is -2.38. The Bertz CT molecular complexity index is 435. The van der Waals surface area contributed by atoms with Gasteiger partial charge in [0.15, 0.2) is 0 Å². The van der Waals surface area contributed by atoms with E-state index in [1.807, 2.05) is 0 Å². The molecule has 20 heavy (non-hydrogen) atoms. The number of hydrogen-bond acceptors (Lipinski definition) is 3. The molecule has 1 fully saturated rings. The highest BCUT2D eigenvalue weighted by Gasteiger charge is 2.27. The van der Waals surface area contributed by atoms with E-state index in [-0.39, 0.29) is 0 Å². The Morgan fingerprint density at radius 2 is 1.95 bits per heavy atom. The van der Waals surface area contributed by atoms with Crippen molar-refractivity contribution in [1.82, 2.24) is 4.90 Å². The summed E-state index contributed by atoms with van der Waals surface area (Å²) in [5.74, 6) is 1.24. The first-order valence-corrected chi connectivity index (χ1v) is 8.75. The molecule has 1 aliphatic heterocycles. The monoisotopic (exact) mass is 292 g/mol. The minimum atomic E-state index is 0.380. The fourth-order valence-corrected chi connectivity index (χ4v) is 4.64. The van der Waals surface area contributed by atoms with Crippen LogP contribution >= 0.6 is 11.8 Å². The number of nitrogens with zero attached hydrogens (tertiary/aromatic N) is 1. The Morgan fingerprint density at radius 3 is 2.50 bits per heavy atom. The van der Waals surface area contributed by atoms with Crippen LogP contribution < -0.4 is 5.73 Å². The van der Waals surface area contributed by atoms with Crippen LogP contribution in [0.5, 0.6) is 0 Å². The lowest BCUT2D eigenvalue weighted by atomic mass is 9.93. The standard InChI is InChI=1S/C17H28N2S/c1-5-15-11-19(6-7-20-15)16(10-18)17-13(3)8-12(2)9-14(17)4/h8-9,15-16H,5-7,10-11,18H2,1-4H3. The van der Waals surface area contributed by atoms with Crippen molar-refractivity contribution < 1.29 is 0 Å². The lowest BCUT2D eigenvalue weighted by Crippen LogP contribution is -2.43. The number of nitrogens with two attached hydrogens (primary N) is 1. The molecule has 2 N–H and O–H groups in total. The smallest absolute Gasteiger partial charge is 0.0476 e. The van der Waals surface area contributed by atoms with Gasteiger partial charge in [0.2, 0.25) is 0 Å². The molecule has 0 aromatic heterocycles. The van der Waals surface area contributed by atoms with Crippen LogP contribution in [0.1, 0.15) is 41.6 Å². The molecule has 1 heterocycles. The molecule has 0 aliphatic carbocycles. The molecule has 0 bridgehead atoms. The molecule has 2 atom stereocenters. The summed E-state index contributed by atoms with van der Waals surface area (Å²) in [5, 5.41) is 0.767. The maximum Gasteiger partial charge on any atom is 0.0476 e. The minimum Gasteiger partial charge on any atom is -0.329 e. The number of rotatable bonds is 4. The number of hydrogen-bond donors (Lipinski definition) is 1. The van der Waals surface area contributed by atoms with Gasteiger partial charge in [-0.2, -0.15) is 11.8 Å². The zero-order valence-electron chi connectivity index (χ0n) is 13.3. The molecule has 112 valence electrons. The van der Waals surface area contributed by atoms with E-state index in [9.17, 15) is 0 Å². The van der Waals surface area contributed by atoms with E-state index in [0.29, 0.717) is 12.6 Å². The Kier molecular flexibility index (Phi) is 5.53. The largest absolute Gasteiger partial charge is 0.329 e. The van der Waals surface area contributed by atoms with Gasteiger partial charge in [0.25, 0.3) is 0 Å². The first-order valence-electron chi connectivity index (χ1n) is 7.70. The van der Waals surface area contributed by atoms with Gasteiger partial charge in [0.05, 0.1) is 0 Å². The molecule has 2 rings (SSSR count). The summed E-state index contributed by atoms with van der Waals surface area (Å²) in [7, 11) is 0. The van der Waals surface area contributed by atoms with Crippen molar-refractivity contribution in [3.63, 3.8) is 0 Å². The second kappa shape index (κ2) is 6.97. The van der Waals surface area contributed by atoms with Crippen LogP contribution in [0.25, 0.3) is 0 Å². The number of benzene rings is 1. The fraction of sp³-hybridized carbons (Fsp3) is 0.647. The van der Waals surface area contributed by atoms with Gasteiger partial charge in [-0.25, -0.2) is 0 Å². The first kappa shape index (κ1) is 15.9. The maximum atomic E-state index is 6.15. The zero-order valence-corrected chi connectivity index (χ0v) is 14.1. The molecule has 1 saturated heterocycles. The third kappa shape index (κ3) is 3.38. The van der Waals surface area contributed by atoms with Crippen molar-refractivity contribution in [2.75, 3.05) is 25.4 Å². The second-order valence-electron chi connectivity index (χ2n) is 5.96. The molecule has 0 radical (unpaired) electrons. The van der Waals surface area contributed by atoms with Gasteiger partial charge in [0, 0.05) is 36.7 Å². The molecule has 1 aromatic carbocycles. The molecule has 1 aromatic rings. The topological polar surface area (TPSA) is 29.3 Å². The Labute approximate surface area is 128 Å². The quantitative estimate of drug-likeness (QED) is 0.922. The molecule has 0 saturated carbocycles. The number of thioether (sulfide) groups is 1. The van der Waals surface area contributed by atoms with Crippen LogP contribution in [0.4, 0.5) is 0 Å². The average Bonchev–Trinajstić information content (AvgIpc) is 2.42. The molecular weight excluding hydrogens is 264 g/mol. The van der Waals surface area contributed by atoms with Gasteiger partial charge in [-0.05, 0) is 43.9 Å². The van der Waals surface area contributed by atoms with E-state index in [1.165, 1.54) is 41.0 Å². The van der Waals surface area contributed by atoms with Crippen molar-refractivity contribution in [3.8, 4) is 0 Å². The Balaban J connectivity index is 2.28. The molecule has 0 spiro atoms. The molecule has 1 aliphatic rings. The summed E-state index contributed by atoms with van der Waals surface area (Å²) in [4.78, 5) is 2.61. The van der Waals surface area contributed by atoms with Gasteiger partial charge < -0.3 is 5.73 Å². The summed E-state index contributed by atoms with van der Waals surface area (Å²) < 4.78 is 0. The summed E-state index contributed by atoms with van der Waals surface area (Å²) in [6, 6.07) is 4.97. The lowest BCUT2D eigenvalue weighted by molar-refractivity contribution is 0.206. The van der Waals surface area contributed by atoms with Crippen LogP contribution in [0.3, 0.4) is 0 Å². The highest BCUT2D eigenvalue weighted by atomic mass is 32.2. The summed E-state index contributed by atoms with van der Waals surface area (Å²) >= 11 is 2.12. The zero-order chi connectivity index (χ0) is 14.7. The van der Waals surface area contributed by atoms with Gasteiger partial charge in [0.1, 0.15) is 0 Å². The molecule has 2 unspecified atom stereocenters. The summed E-state index contributed by atoms with van der Waals surface area (Å²) in [5.41, 5.74) is 11.7. The second-order valence-corrected chi connectivity index (χ2v) is 7.37. The van der Waals surface area contributed by atoms with Gasteiger partial charge in [-0.1, -0.05) is 24.6 Å². The maximum absolute atomic E-state index is 6.15. The Morgan fingerprint density at radius 1 is 1.30 bits per heavy atom. The van der Waals surface area contributed by atoms with Crippen LogP contribution in [0.15, 0.2) is 12.1 Å². The van der Waals surface area contributed by atoms with Gasteiger partial charge in [-0.3, -0.25) is 4.90 Å². The van der Waals surface area contributed by atoms with Crippen molar-refractivity contribution in [1.29, 1.82) is 0 Å². The van der Waals surface area contributed by atoms with Crippen LogP contribution in [-0.4, -0.2) is 35.5 Å². The SMILES string of the molecule is CCC1CN(C(CN)c2c(C)cc(C)cc2C)CCS1. The third-order valence-corrected chi connectivity index (χ3v) is 5.73. The van der Waals surface area contributed by atoms with E-state index in [2.05, 4.69) is 56.5 Å². The van der Waals surface area contributed by atoms with Crippen molar-refractivity contribution in [3.05, 3.63) is 34.4 Å². The minimum absolute atomic E-state index is 0.380. The predicted molar refractivity (Wildman–Crippen MR) is 90.6 cm³/mol. The number of aryl methyl sites for hydroxylation is 3. The van der Waals surface area contributed by atoms with Crippen LogP contribution in [-0.2, 0) is 0 Å². The molecule has 2 nitrogen and oxygen atoms in total. The summed E-state index contributed by atoms with van der Waals surface area (Å²) in [6.45, 7) is 12.0. The third-order valence-electron chi connectivity index (χ3n) is 4.36. The van der Waals surface area contributed by atoms with Gasteiger partial charge in [-0.15, -0.1) is 0 Å².